The molecule has 0 aliphatic heterocycles. The highest BCUT2D eigenvalue weighted by Crippen LogP contribution is 2.29. The van der Waals surface area contributed by atoms with Crippen molar-refractivity contribution >= 4 is 45.0 Å². The SMILES string of the molecule is CCn1cc(Nc2ncc(C(N)=O)c(Nc3c(F)cccc3Br)n2)cn1. The molecule has 134 valence electrons. The number of benzene rings is 1. The van der Waals surface area contributed by atoms with Gasteiger partial charge in [-0.3, -0.25) is 9.48 Å². The van der Waals surface area contributed by atoms with Crippen LogP contribution >= 0.6 is 15.9 Å². The number of nitrogens with one attached hydrogen (secondary N) is 2. The molecule has 0 aliphatic carbocycles. The Kier molecular flexibility index (Phi) is 5.12. The highest BCUT2D eigenvalue weighted by molar-refractivity contribution is 9.10. The third-order valence-electron chi connectivity index (χ3n) is 3.47. The quantitative estimate of drug-likeness (QED) is 0.565. The molecule has 1 aromatic carbocycles. The summed E-state index contributed by atoms with van der Waals surface area (Å²) in [5.74, 6) is -0.943. The van der Waals surface area contributed by atoms with Crippen LogP contribution in [0.1, 0.15) is 17.3 Å². The molecular formula is C16H15BrFN7O. The zero-order chi connectivity index (χ0) is 18.7. The van der Waals surface area contributed by atoms with E-state index in [4.69, 9.17) is 5.73 Å². The minimum Gasteiger partial charge on any atom is -0.365 e. The average molecular weight is 420 g/mol. The number of primary amides is 1. The zero-order valence-corrected chi connectivity index (χ0v) is 15.3. The first-order valence-corrected chi connectivity index (χ1v) is 8.44. The molecule has 10 heteroatoms. The van der Waals surface area contributed by atoms with Gasteiger partial charge in [-0.05, 0) is 35.0 Å². The number of nitrogens with zero attached hydrogens (tertiary/aromatic N) is 4. The zero-order valence-electron chi connectivity index (χ0n) is 13.7. The molecule has 8 nitrogen and oxygen atoms in total. The smallest absolute Gasteiger partial charge is 0.254 e. The highest BCUT2D eigenvalue weighted by Gasteiger charge is 2.16. The number of rotatable bonds is 6. The number of amides is 1. The maximum absolute atomic E-state index is 14.1. The van der Waals surface area contributed by atoms with Crippen LogP contribution in [0.25, 0.3) is 0 Å². The minimum atomic E-state index is -0.731. The molecule has 4 N–H and O–H groups in total. The second kappa shape index (κ2) is 7.48. The van der Waals surface area contributed by atoms with Crippen LogP contribution in [0.2, 0.25) is 0 Å². The van der Waals surface area contributed by atoms with E-state index >= 15 is 0 Å². The number of hydrogen-bond donors (Lipinski definition) is 3. The predicted octanol–water partition coefficient (Wildman–Crippen LogP) is 3.18. The molecule has 3 rings (SSSR count). The number of para-hydroxylation sites is 1. The molecule has 0 unspecified atom stereocenters. The third kappa shape index (κ3) is 3.80. The van der Waals surface area contributed by atoms with E-state index in [0.29, 0.717) is 10.2 Å². The minimum absolute atomic E-state index is 0.0370. The summed E-state index contributed by atoms with van der Waals surface area (Å²) in [6.07, 6.45) is 4.68. The lowest BCUT2D eigenvalue weighted by atomic mass is 10.2. The second-order valence-electron chi connectivity index (χ2n) is 5.25. The lowest BCUT2D eigenvalue weighted by Crippen LogP contribution is -2.16. The third-order valence-corrected chi connectivity index (χ3v) is 4.13. The maximum atomic E-state index is 14.1. The van der Waals surface area contributed by atoms with Gasteiger partial charge in [-0.15, -0.1) is 0 Å². The van der Waals surface area contributed by atoms with E-state index in [1.54, 1.807) is 29.2 Å². The fourth-order valence-corrected chi connectivity index (χ4v) is 2.62. The van der Waals surface area contributed by atoms with Crippen molar-refractivity contribution in [1.29, 1.82) is 0 Å². The van der Waals surface area contributed by atoms with Crippen LogP contribution in [0.4, 0.5) is 27.5 Å². The number of aryl methyl sites for hydroxylation is 1. The van der Waals surface area contributed by atoms with Crippen molar-refractivity contribution in [2.75, 3.05) is 10.6 Å². The van der Waals surface area contributed by atoms with Crippen LogP contribution in [0.3, 0.4) is 0 Å². The summed E-state index contributed by atoms with van der Waals surface area (Å²) in [6, 6.07) is 4.50. The van der Waals surface area contributed by atoms with Gasteiger partial charge in [0.2, 0.25) is 5.95 Å². The van der Waals surface area contributed by atoms with Gasteiger partial charge in [-0.2, -0.15) is 10.1 Å². The molecular weight excluding hydrogens is 405 g/mol. The first kappa shape index (κ1) is 17.8. The second-order valence-corrected chi connectivity index (χ2v) is 6.11. The van der Waals surface area contributed by atoms with Crippen LogP contribution in [0.5, 0.6) is 0 Å². The Labute approximate surface area is 156 Å². The topological polar surface area (TPSA) is 111 Å². The van der Waals surface area contributed by atoms with E-state index in [2.05, 4.69) is 41.6 Å². The number of aromatic nitrogens is 4. The standard InChI is InChI=1S/C16H15BrFN7O/c1-2-25-8-9(6-21-25)22-16-20-7-10(14(19)26)15(24-16)23-13-11(17)4-3-5-12(13)18/h3-8H,2H2,1H3,(H2,19,26)(H2,20,22,23,24). The molecule has 0 fully saturated rings. The average Bonchev–Trinajstić information content (AvgIpc) is 3.06. The Bertz CT molecular complexity index is 939. The first-order chi connectivity index (χ1) is 12.5. The predicted molar refractivity (Wildman–Crippen MR) is 99.1 cm³/mol. The Balaban J connectivity index is 1.95. The van der Waals surface area contributed by atoms with Gasteiger partial charge in [0, 0.05) is 23.4 Å². The Morgan fingerprint density at radius 3 is 2.81 bits per heavy atom. The van der Waals surface area contributed by atoms with E-state index in [9.17, 15) is 9.18 Å². The molecule has 2 aromatic heterocycles. The molecule has 0 saturated carbocycles. The molecule has 3 aromatic rings. The van der Waals surface area contributed by atoms with E-state index in [0.717, 1.165) is 6.54 Å². The van der Waals surface area contributed by atoms with E-state index in [1.807, 2.05) is 6.92 Å². The van der Waals surface area contributed by atoms with Crippen LogP contribution in [0.15, 0.2) is 41.3 Å². The highest BCUT2D eigenvalue weighted by atomic mass is 79.9. The van der Waals surface area contributed by atoms with E-state index in [1.165, 1.54) is 12.3 Å². The van der Waals surface area contributed by atoms with Crippen LogP contribution in [0, 0.1) is 5.82 Å². The molecule has 0 spiro atoms. The van der Waals surface area contributed by atoms with Gasteiger partial charge < -0.3 is 16.4 Å². The van der Waals surface area contributed by atoms with Crippen molar-refractivity contribution in [2.45, 2.75) is 13.5 Å². The van der Waals surface area contributed by atoms with Crippen molar-refractivity contribution in [3.63, 3.8) is 0 Å². The summed E-state index contributed by atoms with van der Waals surface area (Å²) in [4.78, 5) is 20.0. The molecule has 0 saturated heterocycles. The summed E-state index contributed by atoms with van der Waals surface area (Å²) in [7, 11) is 0. The number of halogens is 2. The van der Waals surface area contributed by atoms with Gasteiger partial charge in [-0.25, -0.2) is 9.37 Å². The molecule has 0 atom stereocenters. The van der Waals surface area contributed by atoms with Crippen LogP contribution in [-0.2, 0) is 6.54 Å². The van der Waals surface area contributed by atoms with Gasteiger partial charge in [0.15, 0.2) is 0 Å². The molecule has 1 amide bonds. The Morgan fingerprint density at radius 1 is 1.35 bits per heavy atom. The Morgan fingerprint density at radius 2 is 2.15 bits per heavy atom. The number of anilines is 4. The normalized spacial score (nSPS) is 10.6. The largest absolute Gasteiger partial charge is 0.365 e. The number of nitrogens with two attached hydrogens (primary N) is 1. The molecule has 2 heterocycles. The summed E-state index contributed by atoms with van der Waals surface area (Å²) in [5, 5.41) is 9.92. The number of carbonyl (C=O) groups is 1. The van der Waals surface area contributed by atoms with Gasteiger partial charge in [-0.1, -0.05) is 6.07 Å². The fourth-order valence-electron chi connectivity index (χ4n) is 2.18. The lowest BCUT2D eigenvalue weighted by Gasteiger charge is -2.12. The van der Waals surface area contributed by atoms with Crippen LogP contribution in [-0.4, -0.2) is 25.7 Å². The monoisotopic (exact) mass is 419 g/mol. The molecule has 0 bridgehead atoms. The first-order valence-electron chi connectivity index (χ1n) is 7.65. The Hall–Kier alpha value is -3.01. The van der Waals surface area contributed by atoms with Crippen molar-refractivity contribution in [3.8, 4) is 0 Å². The summed E-state index contributed by atoms with van der Waals surface area (Å²) in [5.41, 5.74) is 6.22. The van der Waals surface area contributed by atoms with Crippen molar-refractivity contribution in [2.24, 2.45) is 5.73 Å². The number of carbonyl (C=O) groups excluding carboxylic acids is 1. The summed E-state index contributed by atoms with van der Waals surface area (Å²) < 4.78 is 16.3. The van der Waals surface area contributed by atoms with Gasteiger partial charge in [0.25, 0.3) is 5.91 Å². The molecule has 26 heavy (non-hydrogen) atoms. The van der Waals surface area contributed by atoms with Crippen molar-refractivity contribution in [3.05, 3.63) is 52.6 Å². The fraction of sp³-hybridized carbons (Fsp3) is 0.125. The summed E-state index contributed by atoms with van der Waals surface area (Å²) in [6.45, 7) is 2.68. The summed E-state index contributed by atoms with van der Waals surface area (Å²) >= 11 is 3.26. The van der Waals surface area contributed by atoms with E-state index in [-0.39, 0.29) is 23.0 Å². The van der Waals surface area contributed by atoms with Gasteiger partial charge in [0.05, 0.1) is 17.6 Å². The number of hydrogen-bond acceptors (Lipinski definition) is 6. The lowest BCUT2D eigenvalue weighted by molar-refractivity contribution is 0.100. The van der Waals surface area contributed by atoms with Gasteiger partial charge in [0.1, 0.15) is 17.2 Å². The van der Waals surface area contributed by atoms with Crippen molar-refractivity contribution in [1.82, 2.24) is 19.7 Å². The van der Waals surface area contributed by atoms with E-state index < -0.39 is 11.7 Å². The molecule has 0 radical (unpaired) electrons. The van der Waals surface area contributed by atoms with Crippen molar-refractivity contribution < 1.29 is 9.18 Å². The molecule has 0 aliphatic rings. The maximum Gasteiger partial charge on any atom is 0.254 e. The van der Waals surface area contributed by atoms with Gasteiger partial charge >= 0.3 is 0 Å². The van der Waals surface area contributed by atoms with Crippen LogP contribution < -0.4 is 16.4 Å².